The van der Waals surface area contributed by atoms with Crippen molar-refractivity contribution < 1.29 is 27.5 Å². The molecule has 1 atom stereocenters. The molecule has 1 saturated carbocycles. The molecule has 1 aromatic rings. The van der Waals surface area contributed by atoms with E-state index in [9.17, 15) is 27.7 Å². The molecule has 0 bridgehead atoms. The maximum atomic E-state index is 13.5. The highest BCUT2D eigenvalue weighted by molar-refractivity contribution is 8.01. The van der Waals surface area contributed by atoms with Crippen molar-refractivity contribution >= 4 is 23.7 Å². The van der Waals surface area contributed by atoms with E-state index in [-0.39, 0.29) is 12.1 Å². The van der Waals surface area contributed by atoms with Gasteiger partial charge < -0.3 is 10.2 Å². The Morgan fingerprint density at radius 1 is 1.07 bits per heavy atom. The highest BCUT2D eigenvalue weighted by Crippen LogP contribution is 2.37. The second-order valence-electron chi connectivity index (χ2n) is 11.6. The first-order chi connectivity index (χ1) is 21.4. The number of nitrogens with zero attached hydrogens (tertiary/aromatic N) is 2. The van der Waals surface area contributed by atoms with Gasteiger partial charge in [-0.15, -0.1) is 29.8 Å². The molecule has 0 saturated heterocycles. The molecular formula is C34H48F3N3O4S. The number of thioether (sulfide) groups is 1. The Kier molecular flexibility index (Phi) is 16.1. The van der Waals surface area contributed by atoms with E-state index in [1.165, 1.54) is 61.4 Å². The zero-order chi connectivity index (χ0) is 33.5. The van der Waals surface area contributed by atoms with Crippen molar-refractivity contribution in [2.45, 2.75) is 114 Å². The van der Waals surface area contributed by atoms with Crippen molar-refractivity contribution in [3.8, 4) is 0 Å². The Morgan fingerprint density at radius 2 is 1.73 bits per heavy atom. The summed E-state index contributed by atoms with van der Waals surface area (Å²) in [6.07, 6.45) is 16.9. The fraction of sp³-hybridized carbons (Fsp3) is 0.588. The Balaban J connectivity index is 0.000000790. The lowest BCUT2D eigenvalue weighted by molar-refractivity contribution is -0.311. The number of hydrogen-bond acceptors (Lipinski definition) is 5. The monoisotopic (exact) mass is 651 g/mol. The number of benzene rings is 1. The standard InChI is InChI=1S/C30H39N3O3S.C2H3F3O.C2H6/c1-30(2,28(34)32-36)37-27-17-16-23-19-26(20-24(23)21-27)33(18-10-13-22-11-6-5-7-12-22)29(35)31-25-14-8-3-4-9-15-25;1-6-2(3,4)5;1-2/h3,8-9,14-17,21-22,26H,4-7,10-13,18-20H2,1-2H3,(H,31,35);1H3;1-2H3. The second-order valence-corrected chi connectivity index (χ2v) is 13.3. The lowest BCUT2D eigenvalue weighted by atomic mass is 9.86. The smallest absolute Gasteiger partial charge is 0.321 e. The van der Waals surface area contributed by atoms with E-state index in [1.807, 2.05) is 43.0 Å². The maximum Gasteiger partial charge on any atom is 0.522 e. The number of hydrogen-bond donors (Lipinski definition) is 1. The average molecular weight is 652 g/mol. The molecule has 1 aromatic carbocycles. The summed E-state index contributed by atoms with van der Waals surface area (Å²) in [5, 5.41) is 5.77. The van der Waals surface area contributed by atoms with Crippen LogP contribution in [-0.4, -0.2) is 47.6 Å². The number of urea groups is 1. The number of halogens is 3. The van der Waals surface area contributed by atoms with Gasteiger partial charge in [-0.3, -0.25) is 9.53 Å². The second kappa shape index (κ2) is 18.9. The Hall–Kier alpha value is -2.92. The Bertz CT molecular complexity index is 1210. The molecule has 1 N–H and O–H groups in total. The minimum atomic E-state index is -4.46. The largest absolute Gasteiger partial charge is 0.522 e. The van der Waals surface area contributed by atoms with Crippen LogP contribution in [0.4, 0.5) is 18.0 Å². The number of alkyl halides is 3. The van der Waals surface area contributed by atoms with Gasteiger partial charge in [0.15, 0.2) is 0 Å². The number of ether oxygens (including phenoxy) is 1. The van der Waals surface area contributed by atoms with Gasteiger partial charge in [-0.1, -0.05) is 70.2 Å². The van der Waals surface area contributed by atoms with Crippen LogP contribution in [0.3, 0.4) is 0 Å². The Labute approximate surface area is 270 Å². The molecule has 0 heterocycles. The van der Waals surface area contributed by atoms with Crippen LogP contribution >= 0.6 is 11.8 Å². The number of nitroso groups, excluding NO2 is 1. The van der Waals surface area contributed by atoms with Gasteiger partial charge in [0, 0.05) is 35.5 Å². The lowest BCUT2D eigenvalue weighted by Gasteiger charge is -2.30. The summed E-state index contributed by atoms with van der Waals surface area (Å²) in [7, 11) is 0.583. The van der Waals surface area contributed by atoms with Crippen molar-refractivity contribution in [1.82, 2.24) is 10.2 Å². The van der Waals surface area contributed by atoms with Gasteiger partial charge >= 0.3 is 18.3 Å². The quantitative estimate of drug-likeness (QED) is 0.212. The molecule has 3 amide bonds. The molecular weight excluding hydrogens is 603 g/mol. The first kappa shape index (κ1) is 38.3. The molecule has 11 heteroatoms. The van der Waals surface area contributed by atoms with Gasteiger partial charge in [-0.2, -0.15) is 0 Å². The number of amides is 3. The fourth-order valence-corrected chi connectivity index (χ4v) is 6.69. The predicted octanol–water partition coefficient (Wildman–Crippen LogP) is 9.27. The van der Waals surface area contributed by atoms with Crippen LogP contribution in [0, 0.1) is 10.8 Å². The van der Waals surface area contributed by atoms with Crippen LogP contribution in [0.1, 0.15) is 90.2 Å². The first-order valence-corrected chi connectivity index (χ1v) is 16.6. The van der Waals surface area contributed by atoms with E-state index < -0.39 is 17.0 Å². The number of fused-ring (bicyclic) bond motifs is 1. The zero-order valence-electron chi connectivity index (χ0n) is 27.1. The number of carbonyl (C=O) groups is 2. The molecule has 1 fully saturated rings. The SMILES string of the molecule is CC.CC(C)(Sc1ccc2c(c1)CC(N(CCCC1CCCCC1)C(=O)NC1=CC=CCC=C1)C2)C(=O)N=O.COC(F)(F)F. The highest BCUT2D eigenvalue weighted by atomic mass is 32.2. The van der Waals surface area contributed by atoms with E-state index in [2.05, 4.69) is 39.5 Å². The molecule has 3 aliphatic rings. The van der Waals surface area contributed by atoms with Crippen LogP contribution in [0.2, 0.25) is 0 Å². The molecule has 0 aliphatic heterocycles. The minimum absolute atomic E-state index is 0.0361. The van der Waals surface area contributed by atoms with Crippen LogP contribution < -0.4 is 5.32 Å². The van der Waals surface area contributed by atoms with Crippen LogP contribution in [0.5, 0.6) is 0 Å². The molecule has 1 unspecified atom stereocenters. The van der Waals surface area contributed by atoms with Gasteiger partial charge in [0.05, 0.1) is 4.75 Å². The molecule has 45 heavy (non-hydrogen) atoms. The van der Waals surface area contributed by atoms with Gasteiger partial charge in [0.1, 0.15) is 0 Å². The van der Waals surface area contributed by atoms with Crippen LogP contribution in [0.15, 0.2) is 64.3 Å². The van der Waals surface area contributed by atoms with E-state index >= 15 is 0 Å². The fourth-order valence-electron chi connectivity index (χ4n) is 5.64. The topological polar surface area (TPSA) is 88.1 Å². The van der Waals surface area contributed by atoms with E-state index in [1.54, 1.807) is 13.8 Å². The van der Waals surface area contributed by atoms with Gasteiger partial charge in [0.2, 0.25) is 0 Å². The van der Waals surface area contributed by atoms with Crippen molar-refractivity contribution in [2.75, 3.05) is 13.7 Å². The molecule has 4 rings (SSSR count). The summed E-state index contributed by atoms with van der Waals surface area (Å²) in [6, 6.07) is 6.28. The van der Waals surface area contributed by atoms with E-state index in [0.717, 1.165) is 48.7 Å². The third-order valence-corrected chi connectivity index (χ3v) is 9.14. The third kappa shape index (κ3) is 13.1. The van der Waals surface area contributed by atoms with Gasteiger partial charge in [0.25, 0.3) is 0 Å². The normalized spacial score (nSPS) is 17.9. The number of carbonyl (C=O) groups excluding carboxylic acids is 2. The molecule has 0 spiro atoms. The van der Waals surface area contributed by atoms with Gasteiger partial charge in [-0.25, -0.2) is 4.79 Å². The van der Waals surface area contributed by atoms with E-state index in [4.69, 9.17) is 0 Å². The zero-order valence-corrected chi connectivity index (χ0v) is 27.9. The number of rotatable bonds is 9. The maximum absolute atomic E-state index is 13.5. The van der Waals surface area contributed by atoms with Gasteiger partial charge in [-0.05, 0) is 87.3 Å². The summed E-state index contributed by atoms with van der Waals surface area (Å²) >= 11 is 1.36. The highest BCUT2D eigenvalue weighted by Gasteiger charge is 2.33. The minimum Gasteiger partial charge on any atom is -0.321 e. The number of methoxy groups -OCH3 is 1. The molecule has 250 valence electrons. The summed E-state index contributed by atoms with van der Waals surface area (Å²) in [4.78, 5) is 39.2. The van der Waals surface area contributed by atoms with E-state index in [0.29, 0.717) is 7.11 Å². The molecule has 3 aliphatic carbocycles. The summed E-state index contributed by atoms with van der Waals surface area (Å²) in [5.41, 5.74) is 3.27. The molecule has 7 nitrogen and oxygen atoms in total. The summed E-state index contributed by atoms with van der Waals surface area (Å²) < 4.78 is 33.7. The predicted molar refractivity (Wildman–Crippen MR) is 175 cm³/mol. The Morgan fingerprint density at radius 3 is 2.38 bits per heavy atom. The summed E-state index contributed by atoms with van der Waals surface area (Å²) in [6.45, 7) is 8.20. The first-order valence-electron chi connectivity index (χ1n) is 15.8. The number of allylic oxidation sites excluding steroid dienone is 5. The van der Waals surface area contributed by atoms with Crippen LogP contribution in [0.25, 0.3) is 0 Å². The van der Waals surface area contributed by atoms with Crippen LogP contribution in [-0.2, 0) is 22.4 Å². The summed E-state index contributed by atoms with van der Waals surface area (Å²) in [5.74, 6) is 0.136. The van der Waals surface area contributed by atoms with Crippen molar-refractivity contribution in [1.29, 1.82) is 0 Å². The third-order valence-electron chi connectivity index (χ3n) is 7.96. The average Bonchev–Trinajstić information content (AvgIpc) is 3.26. The van der Waals surface area contributed by atoms with Crippen molar-refractivity contribution in [3.63, 3.8) is 0 Å². The lowest BCUT2D eigenvalue weighted by Crippen LogP contribution is -2.46. The van der Waals surface area contributed by atoms with Crippen molar-refractivity contribution in [3.05, 3.63) is 70.3 Å². The van der Waals surface area contributed by atoms with Crippen molar-refractivity contribution in [2.24, 2.45) is 11.1 Å². The number of nitrogens with one attached hydrogen (secondary N) is 1. The molecule has 0 aromatic heterocycles. The molecule has 0 radical (unpaired) electrons.